The lowest BCUT2D eigenvalue weighted by atomic mass is 10.1. The van der Waals surface area contributed by atoms with Crippen LogP contribution in [0.2, 0.25) is 0 Å². The number of hydrogen-bond acceptors (Lipinski definition) is 3. The van der Waals surface area contributed by atoms with Gasteiger partial charge in [-0.05, 0) is 50.7 Å². The quantitative estimate of drug-likeness (QED) is 0.779. The van der Waals surface area contributed by atoms with Crippen LogP contribution in [0.3, 0.4) is 0 Å². The molecule has 2 heterocycles. The maximum atomic E-state index is 2.52. The van der Waals surface area contributed by atoms with Crippen molar-refractivity contribution in [2.45, 2.75) is 28.7 Å². The molecule has 2 aliphatic rings. The van der Waals surface area contributed by atoms with Crippen LogP contribution < -0.4 is 4.90 Å². The Hall–Kier alpha value is -1.16. The number of rotatable bonds is 2. The van der Waals surface area contributed by atoms with Crippen molar-refractivity contribution in [1.82, 2.24) is 4.90 Å². The summed E-state index contributed by atoms with van der Waals surface area (Å²) in [6.45, 7) is 2.32. The smallest absolute Gasteiger partial charge is 0.0553 e. The number of likely N-dealkylation sites (tertiary alicyclic amines) is 1. The molecule has 0 spiro atoms. The molecular formula is C18H21ClN2S. The minimum atomic E-state index is 0. The molecule has 4 rings (SSSR count). The highest BCUT2D eigenvalue weighted by Crippen LogP contribution is 2.48. The Balaban J connectivity index is 0.00000144. The van der Waals surface area contributed by atoms with Gasteiger partial charge in [0.25, 0.3) is 0 Å². The molecule has 0 bridgehead atoms. The van der Waals surface area contributed by atoms with Crippen molar-refractivity contribution in [3.8, 4) is 0 Å². The van der Waals surface area contributed by atoms with Gasteiger partial charge in [-0.15, -0.1) is 12.4 Å². The number of nitrogens with zero attached hydrogens (tertiary/aromatic N) is 2. The van der Waals surface area contributed by atoms with Gasteiger partial charge < -0.3 is 9.80 Å². The zero-order valence-electron chi connectivity index (χ0n) is 12.7. The van der Waals surface area contributed by atoms with E-state index in [-0.39, 0.29) is 12.4 Å². The summed E-state index contributed by atoms with van der Waals surface area (Å²) >= 11 is 1.89. The van der Waals surface area contributed by atoms with E-state index in [0.29, 0.717) is 6.04 Å². The molecule has 1 unspecified atom stereocenters. The highest BCUT2D eigenvalue weighted by atomic mass is 35.5. The van der Waals surface area contributed by atoms with Crippen molar-refractivity contribution < 1.29 is 0 Å². The molecule has 0 aliphatic carbocycles. The van der Waals surface area contributed by atoms with Crippen molar-refractivity contribution in [3.63, 3.8) is 0 Å². The average Bonchev–Trinajstić information content (AvgIpc) is 2.92. The van der Waals surface area contributed by atoms with Crippen LogP contribution in [0.25, 0.3) is 0 Å². The summed E-state index contributed by atoms with van der Waals surface area (Å²) in [6, 6.07) is 18.2. The van der Waals surface area contributed by atoms with Gasteiger partial charge in [-0.1, -0.05) is 36.0 Å². The van der Waals surface area contributed by atoms with Crippen LogP contribution in [0, 0.1) is 0 Å². The molecule has 22 heavy (non-hydrogen) atoms. The largest absolute Gasteiger partial charge is 0.338 e. The van der Waals surface area contributed by atoms with Crippen LogP contribution in [0.15, 0.2) is 58.3 Å². The average molecular weight is 333 g/mol. The second-order valence-corrected chi connectivity index (χ2v) is 7.01. The van der Waals surface area contributed by atoms with Crippen molar-refractivity contribution in [3.05, 3.63) is 48.5 Å². The van der Waals surface area contributed by atoms with Crippen molar-refractivity contribution in [2.75, 3.05) is 25.0 Å². The molecule has 2 aromatic rings. The molecule has 0 radical (unpaired) electrons. The summed E-state index contributed by atoms with van der Waals surface area (Å²) in [5.41, 5.74) is 2.73. The Kier molecular flexibility index (Phi) is 4.67. The molecule has 0 N–H and O–H groups in total. The van der Waals surface area contributed by atoms with Gasteiger partial charge in [0, 0.05) is 22.4 Å². The SMILES string of the molecule is CN1CCCC1CN1c2ccccc2Sc2ccccc21.Cl. The van der Waals surface area contributed by atoms with Gasteiger partial charge in [-0.25, -0.2) is 0 Å². The van der Waals surface area contributed by atoms with E-state index in [1.54, 1.807) is 0 Å². The van der Waals surface area contributed by atoms with Gasteiger partial charge >= 0.3 is 0 Å². The molecular weight excluding hydrogens is 312 g/mol. The lowest BCUT2D eigenvalue weighted by Gasteiger charge is -2.36. The summed E-state index contributed by atoms with van der Waals surface area (Å²) in [5.74, 6) is 0. The van der Waals surface area contributed by atoms with Gasteiger partial charge in [-0.3, -0.25) is 0 Å². The summed E-state index contributed by atoms with van der Waals surface area (Å²) in [6.07, 6.45) is 2.64. The zero-order chi connectivity index (χ0) is 14.2. The third-order valence-corrected chi connectivity index (χ3v) is 5.73. The van der Waals surface area contributed by atoms with Crippen LogP contribution in [-0.4, -0.2) is 31.1 Å². The number of halogens is 1. The van der Waals surface area contributed by atoms with Crippen LogP contribution in [0.1, 0.15) is 12.8 Å². The molecule has 2 nitrogen and oxygen atoms in total. The third kappa shape index (κ3) is 2.73. The highest BCUT2D eigenvalue weighted by Gasteiger charge is 2.28. The number of likely N-dealkylation sites (N-methyl/N-ethyl adjacent to an activating group) is 1. The first-order valence-electron chi connectivity index (χ1n) is 7.66. The minimum absolute atomic E-state index is 0. The van der Waals surface area contributed by atoms with Crippen LogP contribution in [-0.2, 0) is 0 Å². The molecule has 2 aliphatic heterocycles. The first kappa shape index (κ1) is 15.7. The Morgan fingerprint density at radius 3 is 2.14 bits per heavy atom. The number of hydrogen-bond donors (Lipinski definition) is 0. The summed E-state index contributed by atoms with van der Waals surface area (Å²) < 4.78 is 0. The molecule has 0 aromatic heterocycles. The number of benzene rings is 2. The second-order valence-electron chi connectivity index (χ2n) is 5.92. The molecule has 1 saturated heterocycles. The summed E-state index contributed by atoms with van der Waals surface area (Å²) in [5, 5.41) is 0. The van der Waals surface area contributed by atoms with Gasteiger partial charge in [-0.2, -0.15) is 0 Å². The van der Waals surface area contributed by atoms with E-state index < -0.39 is 0 Å². The number of fused-ring (bicyclic) bond motifs is 2. The van der Waals surface area contributed by atoms with Crippen LogP contribution in [0.5, 0.6) is 0 Å². The fraction of sp³-hybridized carbons (Fsp3) is 0.333. The molecule has 4 heteroatoms. The molecule has 0 amide bonds. The van der Waals surface area contributed by atoms with Crippen LogP contribution >= 0.6 is 24.2 Å². The Labute approximate surface area is 142 Å². The monoisotopic (exact) mass is 332 g/mol. The molecule has 0 saturated carbocycles. The van der Waals surface area contributed by atoms with E-state index in [2.05, 4.69) is 65.4 Å². The predicted octanol–water partition coefficient (Wildman–Crippen LogP) is 4.81. The maximum Gasteiger partial charge on any atom is 0.0553 e. The van der Waals surface area contributed by atoms with E-state index in [1.807, 2.05) is 11.8 Å². The van der Waals surface area contributed by atoms with Crippen molar-refractivity contribution in [1.29, 1.82) is 0 Å². The lowest BCUT2D eigenvalue weighted by Crippen LogP contribution is -2.37. The third-order valence-electron chi connectivity index (χ3n) is 4.60. The summed E-state index contributed by atoms with van der Waals surface area (Å²) in [7, 11) is 2.26. The second kappa shape index (κ2) is 6.53. The topological polar surface area (TPSA) is 6.48 Å². The highest BCUT2D eigenvalue weighted by molar-refractivity contribution is 7.99. The number of anilines is 2. The standard InChI is InChI=1S/C18H20N2S.ClH/c1-19-12-6-7-14(19)13-20-15-8-2-4-10-17(15)21-18-11-5-3-9-16(18)20;/h2-5,8-11,14H,6-7,12-13H2,1H3;1H. The minimum Gasteiger partial charge on any atom is -0.338 e. The number of para-hydroxylation sites is 2. The van der Waals surface area contributed by atoms with E-state index in [9.17, 15) is 0 Å². The Morgan fingerprint density at radius 2 is 1.59 bits per heavy atom. The van der Waals surface area contributed by atoms with E-state index in [4.69, 9.17) is 0 Å². The molecule has 116 valence electrons. The van der Waals surface area contributed by atoms with E-state index >= 15 is 0 Å². The lowest BCUT2D eigenvalue weighted by molar-refractivity contribution is 0.315. The zero-order valence-corrected chi connectivity index (χ0v) is 14.4. The van der Waals surface area contributed by atoms with E-state index in [0.717, 1.165) is 6.54 Å². The first-order chi connectivity index (χ1) is 10.3. The van der Waals surface area contributed by atoms with Crippen LogP contribution in [0.4, 0.5) is 11.4 Å². The maximum absolute atomic E-state index is 2.52. The Morgan fingerprint density at radius 1 is 1.00 bits per heavy atom. The molecule has 2 aromatic carbocycles. The molecule has 1 fully saturated rings. The molecule has 1 atom stereocenters. The first-order valence-corrected chi connectivity index (χ1v) is 8.48. The van der Waals surface area contributed by atoms with Gasteiger partial charge in [0.2, 0.25) is 0 Å². The van der Waals surface area contributed by atoms with E-state index in [1.165, 1.54) is 40.6 Å². The Bertz CT molecular complexity index is 616. The summed E-state index contributed by atoms with van der Waals surface area (Å²) in [4.78, 5) is 7.77. The van der Waals surface area contributed by atoms with Crippen molar-refractivity contribution in [2.24, 2.45) is 0 Å². The fourth-order valence-corrected chi connectivity index (χ4v) is 4.49. The normalized spacial score (nSPS) is 20.2. The fourth-order valence-electron chi connectivity index (χ4n) is 3.40. The predicted molar refractivity (Wildman–Crippen MR) is 96.9 cm³/mol. The van der Waals surface area contributed by atoms with Gasteiger partial charge in [0.05, 0.1) is 11.4 Å². The van der Waals surface area contributed by atoms with Gasteiger partial charge in [0.1, 0.15) is 0 Å². The van der Waals surface area contributed by atoms with Gasteiger partial charge in [0.15, 0.2) is 0 Å². The van der Waals surface area contributed by atoms with Crippen molar-refractivity contribution >= 4 is 35.5 Å².